The van der Waals surface area contributed by atoms with E-state index in [1.54, 1.807) is 6.08 Å². The Morgan fingerprint density at radius 1 is 0.479 bits per heavy atom. The molecule has 0 aromatic heterocycles. The maximum absolute atomic E-state index is 13.2. The normalized spacial score (nSPS) is 32.1. The van der Waals surface area contributed by atoms with Gasteiger partial charge in [0, 0.05) is 6.42 Å². The monoisotopic (exact) mass is 1050 g/mol. The van der Waals surface area contributed by atoms with Gasteiger partial charge in [-0.15, -0.1) is 0 Å². The maximum atomic E-state index is 13.2. The van der Waals surface area contributed by atoms with Gasteiger partial charge >= 0.3 is 0 Å². The van der Waals surface area contributed by atoms with E-state index in [0.29, 0.717) is 12.8 Å². The molecule has 3 rings (SSSR count). The maximum Gasteiger partial charge on any atom is 0.220 e. The zero-order valence-corrected chi connectivity index (χ0v) is 43.6. The van der Waals surface area contributed by atoms with Crippen molar-refractivity contribution in [3.05, 3.63) is 48.6 Å². The van der Waals surface area contributed by atoms with Gasteiger partial charge < -0.3 is 89.9 Å². The van der Waals surface area contributed by atoms with Crippen molar-refractivity contribution in [2.45, 2.75) is 259 Å². The van der Waals surface area contributed by atoms with E-state index in [2.05, 4.69) is 55.6 Å². The molecule has 1 amide bonds. The summed E-state index contributed by atoms with van der Waals surface area (Å²) >= 11 is 0. The van der Waals surface area contributed by atoms with Gasteiger partial charge in [-0.05, 0) is 64.2 Å². The molecule has 0 saturated carbocycles. The van der Waals surface area contributed by atoms with Crippen LogP contribution in [0.1, 0.15) is 155 Å². The second kappa shape index (κ2) is 38.3. The highest BCUT2D eigenvalue weighted by atomic mass is 16.8. The first kappa shape index (κ1) is 65.0. The van der Waals surface area contributed by atoms with Crippen molar-refractivity contribution in [1.82, 2.24) is 5.32 Å². The van der Waals surface area contributed by atoms with Crippen LogP contribution in [0.3, 0.4) is 0 Å². The highest BCUT2D eigenvalue weighted by Gasteiger charge is 2.53. The third-order valence-corrected chi connectivity index (χ3v) is 13.6. The smallest absolute Gasteiger partial charge is 0.220 e. The van der Waals surface area contributed by atoms with Crippen LogP contribution < -0.4 is 5.32 Å². The Labute approximate surface area is 433 Å². The van der Waals surface area contributed by atoms with E-state index in [9.17, 15) is 61.0 Å². The molecule has 0 aromatic carbocycles. The van der Waals surface area contributed by atoms with Crippen molar-refractivity contribution in [2.24, 2.45) is 0 Å². The first-order chi connectivity index (χ1) is 35.3. The number of allylic oxidation sites excluding steroid dienone is 7. The molecule has 0 bridgehead atoms. The Balaban J connectivity index is 1.55. The van der Waals surface area contributed by atoms with Gasteiger partial charge in [0.2, 0.25) is 5.91 Å². The van der Waals surface area contributed by atoms with E-state index >= 15 is 0 Å². The molecule has 3 fully saturated rings. The van der Waals surface area contributed by atoms with Crippen LogP contribution in [-0.4, -0.2) is 193 Å². The summed E-state index contributed by atoms with van der Waals surface area (Å²) in [5.41, 5.74) is 0. The van der Waals surface area contributed by atoms with Crippen LogP contribution in [0.4, 0.5) is 0 Å². The quantitative estimate of drug-likeness (QED) is 0.0312. The van der Waals surface area contributed by atoms with Crippen molar-refractivity contribution >= 4 is 5.91 Å². The molecule has 17 atom stereocenters. The summed E-state index contributed by atoms with van der Waals surface area (Å²) in [7, 11) is 0. The van der Waals surface area contributed by atoms with E-state index in [4.69, 9.17) is 28.4 Å². The minimum atomic E-state index is -1.98. The third-order valence-electron chi connectivity index (χ3n) is 13.6. The molecule has 19 nitrogen and oxygen atoms in total. The summed E-state index contributed by atoms with van der Waals surface area (Å²) < 4.78 is 34.1. The van der Waals surface area contributed by atoms with Gasteiger partial charge in [0.05, 0.1) is 38.6 Å². The van der Waals surface area contributed by atoms with Crippen molar-refractivity contribution in [2.75, 3.05) is 26.4 Å². The number of carbonyl (C=O) groups excluding carboxylic acids is 1. The minimum Gasteiger partial charge on any atom is -0.394 e. The molecular weight excluding hydrogens is 951 g/mol. The number of unbranched alkanes of at least 4 members (excludes halogenated alkanes) is 16. The fourth-order valence-corrected chi connectivity index (χ4v) is 8.97. The molecule has 0 radical (unpaired) electrons. The zero-order chi connectivity index (χ0) is 53.4. The van der Waals surface area contributed by atoms with Crippen molar-refractivity contribution < 1.29 is 89.4 Å². The highest BCUT2D eigenvalue weighted by molar-refractivity contribution is 5.76. The lowest BCUT2D eigenvalue weighted by atomic mass is 9.96. The largest absolute Gasteiger partial charge is 0.394 e. The highest BCUT2D eigenvalue weighted by Crippen LogP contribution is 2.33. The minimum absolute atomic E-state index is 0.221. The van der Waals surface area contributed by atoms with Crippen molar-refractivity contribution in [3.8, 4) is 0 Å². The number of amides is 1. The van der Waals surface area contributed by atoms with Gasteiger partial charge in [-0.2, -0.15) is 0 Å². The molecule has 3 saturated heterocycles. The van der Waals surface area contributed by atoms with Crippen LogP contribution >= 0.6 is 0 Å². The lowest BCUT2D eigenvalue weighted by Crippen LogP contribution is -2.66. The molecule has 3 heterocycles. The van der Waals surface area contributed by atoms with E-state index in [-0.39, 0.29) is 18.9 Å². The Hall–Kier alpha value is -2.25. The van der Waals surface area contributed by atoms with E-state index < -0.39 is 124 Å². The first-order valence-corrected chi connectivity index (χ1v) is 27.4. The molecule has 0 aliphatic carbocycles. The lowest BCUT2D eigenvalue weighted by Gasteiger charge is -2.48. The average molecular weight is 1050 g/mol. The van der Waals surface area contributed by atoms with Crippen LogP contribution in [-0.2, 0) is 33.2 Å². The van der Waals surface area contributed by atoms with Crippen molar-refractivity contribution in [1.29, 1.82) is 0 Å². The fourth-order valence-electron chi connectivity index (χ4n) is 8.97. The topological polar surface area (TPSA) is 307 Å². The Bertz CT molecular complexity index is 1530. The number of hydrogen-bond acceptors (Lipinski definition) is 18. The van der Waals surface area contributed by atoms with Crippen LogP contribution in [0, 0.1) is 0 Å². The zero-order valence-electron chi connectivity index (χ0n) is 43.6. The predicted octanol–water partition coefficient (Wildman–Crippen LogP) is 3.14. The number of rotatable bonds is 38. The Morgan fingerprint density at radius 3 is 1.41 bits per heavy atom. The van der Waals surface area contributed by atoms with Crippen LogP contribution in [0.2, 0.25) is 0 Å². The molecule has 19 heteroatoms. The number of ether oxygens (including phenoxy) is 6. The Kier molecular flexibility index (Phi) is 34.1. The van der Waals surface area contributed by atoms with Crippen LogP contribution in [0.15, 0.2) is 48.6 Å². The number of aliphatic hydroxyl groups is 11. The van der Waals surface area contributed by atoms with Gasteiger partial charge in [-0.25, -0.2) is 0 Å². The van der Waals surface area contributed by atoms with Crippen molar-refractivity contribution in [3.63, 3.8) is 0 Å². The summed E-state index contributed by atoms with van der Waals surface area (Å²) in [5, 5.41) is 120. The molecule has 73 heavy (non-hydrogen) atoms. The van der Waals surface area contributed by atoms with E-state index in [0.717, 1.165) is 64.2 Å². The lowest BCUT2D eigenvalue weighted by molar-refractivity contribution is -0.379. The van der Waals surface area contributed by atoms with Crippen LogP contribution in [0.25, 0.3) is 0 Å². The molecular formula is C54H95NO18. The third kappa shape index (κ3) is 23.5. The fraction of sp³-hybridized carbons (Fsp3) is 0.833. The van der Waals surface area contributed by atoms with Gasteiger partial charge in [0.25, 0.3) is 0 Å². The molecule has 12 N–H and O–H groups in total. The first-order valence-electron chi connectivity index (χ1n) is 27.4. The van der Waals surface area contributed by atoms with Gasteiger partial charge in [0.1, 0.15) is 73.2 Å². The summed E-state index contributed by atoms with van der Waals surface area (Å²) in [5.74, 6) is -0.303. The number of hydrogen-bond donors (Lipinski definition) is 12. The van der Waals surface area contributed by atoms with Gasteiger partial charge in [-0.3, -0.25) is 4.79 Å². The molecule has 3 aliphatic heterocycles. The van der Waals surface area contributed by atoms with Gasteiger partial charge in [-0.1, -0.05) is 133 Å². The second-order valence-electron chi connectivity index (χ2n) is 19.7. The number of nitrogens with one attached hydrogen (secondary N) is 1. The molecule has 0 spiro atoms. The van der Waals surface area contributed by atoms with E-state index in [1.807, 2.05) is 6.08 Å². The SMILES string of the molecule is CCCC/C=C/CC/C=C/CC/C=C/C(O)C(COC1OC(CO)C(OC2OC(CO)C(OC3OC(CO)C(O)C(O)C3O)C(O)C2O)C(O)C1O)NC(=O)CCCCCCC/C=C\CCCCCCCCC. The van der Waals surface area contributed by atoms with Crippen LogP contribution in [0.5, 0.6) is 0 Å². The number of aliphatic hydroxyl groups excluding tert-OH is 11. The second-order valence-corrected chi connectivity index (χ2v) is 19.7. The average Bonchev–Trinajstić information content (AvgIpc) is 3.39. The standard InChI is InChI=1S/C54H95NO18/c1-3-5-7-9-11-13-15-17-18-19-20-22-24-26-28-30-32-42(60)55-37(38(59)31-29-27-25-23-21-16-14-12-10-8-6-4-2)36-68-52-48(66)45(63)50(40(34-57)70-52)73-54-49(67)46(64)51(41(35-58)71-54)72-53-47(65)44(62)43(61)39(33-56)69-53/h10,12,18-19,21,23,29,31,37-41,43-54,56-59,61-67H,3-9,11,13-17,20,22,24-28,30,32-36H2,1-2H3,(H,55,60)/b12-10+,19-18-,23-21+,31-29+. The predicted molar refractivity (Wildman–Crippen MR) is 272 cm³/mol. The molecule has 424 valence electrons. The summed E-state index contributed by atoms with van der Waals surface area (Å²) in [6.45, 7) is 1.60. The summed E-state index contributed by atoms with van der Waals surface area (Å²) in [6.07, 6.45) is 12.5. The molecule has 17 unspecified atom stereocenters. The summed E-state index contributed by atoms with van der Waals surface area (Å²) in [4.78, 5) is 13.2. The van der Waals surface area contributed by atoms with E-state index in [1.165, 1.54) is 57.8 Å². The summed E-state index contributed by atoms with van der Waals surface area (Å²) in [6, 6.07) is -0.998. The van der Waals surface area contributed by atoms with Gasteiger partial charge in [0.15, 0.2) is 18.9 Å². The number of carbonyl (C=O) groups is 1. The molecule has 3 aliphatic rings. The molecule has 0 aromatic rings. The Morgan fingerprint density at radius 2 is 0.890 bits per heavy atom.